The molecule has 6 rings (SSSR count). The van der Waals surface area contributed by atoms with Crippen molar-refractivity contribution in [2.75, 3.05) is 0 Å². The maximum absolute atomic E-state index is 13.1. The second kappa shape index (κ2) is 6.37. The van der Waals surface area contributed by atoms with E-state index in [1.807, 2.05) is 77.6 Å². The van der Waals surface area contributed by atoms with Gasteiger partial charge in [-0.05, 0) is 42.6 Å². The van der Waals surface area contributed by atoms with Crippen molar-refractivity contribution in [3.05, 3.63) is 88.2 Å². The summed E-state index contributed by atoms with van der Waals surface area (Å²) in [6.45, 7) is 1.95. The Bertz CT molecular complexity index is 1610. The lowest BCUT2D eigenvalue weighted by molar-refractivity contribution is 0.569. The number of nitrogens with zero attached hydrogens (tertiary/aromatic N) is 3. The molecule has 0 amide bonds. The van der Waals surface area contributed by atoms with E-state index in [1.165, 1.54) is 0 Å². The predicted octanol–water partition coefficient (Wildman–Crippen LogP) is 5.72. The van der Waals surface area contributed by atoms with Crippen molar-refractivity contribution in [3.63, 3.8) is 0 Å². The molecule has 4 heterocycles. The van der Waals surface area contributed by atoms with Crippen molar-refractivity contribution in [1.29, 1.82) is 0 Å². The smallest absolute Gasteiger partial charge is 0.346 e. The van der Waals surface area contributed by atoms with Crippen molar-refractivity contribution < 1.29 is 4.42 Å². The number of rotatable bonds is 2. The number of aryl methyl sites for hydroxylation is 1. The highest BCUT2D eigenvalue weighted by Crippen LogP contribution is 2.39. The number of fused-ring (bicyclic) bond motifs is 4. The van der Waals surface area contributed by atoms with Crippen molar-refractivity contribution >= 4 is 44.2 Å². The first-order chi connectivity index (χ1) is 14.7. The van der Waals surface area contributed by atoms with Gasteiger partial charge in [-0.1, -0.05) is 36.4 Å². The van der Waals surface area contributed by atoms with E-state index in [-0.39, 0.29) is 5.63 Å². The molecule has 0 saturated carbocycles. The van der Waals surface area contributed by atoms with Gasteiger partial charge in [0.1, 0.15) is 5.58 Å². The minimum absolute atomic E-state index is 0.381. The monoisotopic (exact) mass is 409 g/mol. The number of benzene rings is 2. The number of thiophene rings is 1. The molecule has 0 aliphatic carbocycles. The average molecular weight is 409 g/mol. The maximum Gasteiger partial charge on any atom is 0.346 e. The number of hydrogen-bond donors (Lipinski definition) is 0. The molecule has 0 bridgehead atoms. The Morgan fingerprint density at radius 1 is 0.933 bits per heavy atom. The molecule has 5 nitrogen and oxygen atoms in total. The Morgan fingerprint density at radius 3 is 2.53 bits per heavy atom. The van der Waals surface area contributed by atoms with Crippen molar-refractivity contribution in [2.24, 2.45) is 0 Å². The van der Waals surface area contributed by atoms with Crippen LogP contribution in [0, 0.1) is 6.92 Å². The summed E-state index contributed by atoms with van der Waals surface area (Å²) in [5.41, 5.74) is 4.09. The molecule has 2 aromatic carbocycles. The minimum Gasteiger partial charge on any atom is -0.422 e. The molecule has 6 aromatic rings. The van der Waals surface area contributed by atoms with Gasteiger partial charge in [0.15, 0.2) is 5.65 Å². The van der Waals surface area contributed by atoms with Crippen LogP contribution in [0.1, 0.15) is 5.69 Å². The Balaban J connectivity index is 1.90. The van der Waals surface area contributed by atoms with Gasteiger partial charge in [-0.15, -0.1) is 11.3 Å². The highest BCUT2D eigenvalue weighted by Gasteiger charge is 2.23. The molecular weight excluding hydrogens is 394 g/mol. The van der Waals surface area contributed by atoms with E-state index >= 15 is 0 Å². The van der Waals surface area contributed by atoms with Gasteiger partial charge in [0, 0.05) is 15.8 Å². The Hall–Kier alpha value is -3.77. The molecule has 0 N–H and O–H groups in total. The van der Waals surface area contributed by atoms with Gasteiger partial charge in [-0.3, -0.25) is 0 Å². The first-order valence-corrected chi connectivity index (χ1v) is 10.4. The second-order valence-corrected chi connectivity index (χ2v) is 8.05. The summed E-state index contributed by atoms with van der Waals surface area (Å²) in [5, 5.41) is 8.98. The topological polar surface area (TPSA) is 60.9 Å². The van der Waals surface area contributed by atoms with Crippen LogP contribution in [0.3, 0.4) is 0 Å². The first kappa shape index (κ1) is 17.1. The summed E-state index contributed by atoms with van der Waals surface area (Å²) in [5.74, 6) is 0. The van der Waals surface area contributed by atoms with E-state index in [0.717, 1.165) is 38.2 Å². The molecule has 30 heavy (non-hydrogen) atoms. The van der Waals surface area contributed by atoms with E-state index in [4.69, 9.17) is 14.5 Å². The largest absolute Gasteiger partial charge is 0.422 e. The number of hydrogen-bond acceptors (Lipinski definition) is 5. The maximum atomic E-state index is 13.1. The van der Waals surface area contributed by atoms with Crippen LogP contribution in [-0.4, -0.2) is 14.8 Å². The standard InChI is InChI=1S/C24H15N3O2S/c1-14-19-20(18-12-7-13-30-18)21-22(16-10-5-6-11-17(16)29-24(21)28)25-23(19)27(26-14)15-8-3-2-4-9-15/h2-13H,1H3. The van der Waals surface area contributed by atoms with Crippen LogP contribution in [0.2, 0.25) is 0 Å². The SMILES string of the molecule is Cc1nn(-c2ccccc2)c2nc3c(c(-c4cccs4)c12)c(=O)oc1ccccc13. The highest BCUT2D eigenvalue weighted by molar-refractivity contribution is 7.13. The molecule has 4 aromatic heterocycles. The van der Waals surface area contributed by atoms with E-state index in [2.05, 4.69) is 0 Å². The quantitative estimate of drug-likeness (QED) is 0.271. The van der Waals surface area contributed by atoms with Crippen LogP contribution in [0.15, 0.2) is 81.3 Å². The van der Waals surface area contributed by atoms with Gasteiger partial charge in [-0.25, -0.2) is 14.5 Å². The van der Waals surface area contributed by atoms with E-state index in [0.29, 0.717) is 16.5 Å². The number of para-hydroxylation sites is 2. The molecule has 6 heteroatoms. The van der Waals surface area contributed by atoms with Gasteiger partial charge >= 0.3 is 5.63 Å². The van der Waals surface area contributed by atoms with Crippen molar-refractivity contribution in [3.8, 4) is 16.1 Å². The predicted molar refractivity (Wildman–Crippen MR) is 120 cm³/mol. The minimum atomic E-state index is -0.381. The van der Waals surface area contributed by atoms with E-state index < -0.39 is 0 Å². The van der Waals surface area contributed by atoms with Gasteiger partial charge in [-0.2, -0.15) is 5.10 Å². The fraction of sp³-hybridized carbons (Fsp3) is 0.0417. The fourth-order valence-corrected chi connectivity index (χ4v) is 4.81. The molecule has 0 spiro atoms. The summed E-state index contributed by atoms with van der Waals surface area (Å²) in [7, 11) is 0. The summed E-state index contributed by atoms with van der Waals surface area (Å²) >= 11 is 1.59. The third kappa shape index (κ3) is 2.37. The lowest BCUT2D eigenvalue weighted by Gasteiger charge is -2.09. The first-order valence-electron chi connectivity index (χ1n) is 9.56. The highest BCUT2D eigenvalue weighted by atomic mass is 32.1. The molecule has 0 fully saturated rings. The molecular formula is C24H15N3O2S. The molecule has 0 aliphatic heterocycles. The van der Waals surface area contributed by atoms with Crippen LogP contribution >= 0.6 is 11.3 Å². The molecule has 0 aliphatic rings. The van der Waals surface area contributed by atoms with Crippen LogP contribution in [0.5, 0.6) is 0 Å². The lowest BCUT2D eigenvalue weighted by atomic mass is 10.0. The third-order valence-corrected chi connectivity index (χ3v) is 6.20. The van der Waals surface area contributed by atoms with Crippen LogP contribution in [-0.2, 0) is 0 Å². The summed E-state index contributed by atoms with van der Waals surface area (Å²) in [6.07, 6.45) is 0. The van der Waals surface area contributed by atoms with E-state index in [9.17, 15) is 4.79 Å². The normalized spacial score (nSPS) is 11.6. The zero-order chi connectivity index (χ0) is 20.2. The van der Waals surface area contributed by atoms with Crippen molar-refractivity contribution in [1.82, 2.24) is 14.8 Å². The third-order valence-electron chi connectivity index (χ3n) is 5.31. The summed E-state index contributed by atoms with van der Waals surface area (Å²) in [4.78, 5) is 19.1. The Labute approximate surface area is 174 Å². The van der Waals surface area contributed by atoms with Gasteiger partial charge < -0.3 is 4.42 Å². The zero-order valence-corrected chi connectivity index (χ0v) is 16.8. The van der Waals surface area contributed by atoms with Crippen LogP contribution in [0.4, 0.5) is 0 Å². The molecule has 0 radical (unpaired) electrons. The zero-order valence-electron chi connectivity index (χ0n) is 16.0. The number of aromatic nitrogens is 3. The van der Waals surface area contributed by atoms with Gasteiger partial charge in [0.2, 0.25) is 0 Å². The molecule has 0 atom stereocenters. The second-order valence-electron chi connectivity index (χ2n) is 7.10. The average Bonchev–Trinajstić information content (AvgIpc) is 3.42. The summed E-state index contributed by atoms with van der Waals surface area (Å²) < 4.78 is 7.53. The van der Waals surface area contributed by atoms with Crippen LogP contribution < -0.4 is 5.63 Å². The van der Waals surface area contributed by atoms with Gasteiger partial charge in [0.05, 0.1) is 27.7 Å². The van der Waals surface area contributed by atoms with Crippen LogP contribution in [0.25, 0.3) is 49.0 Å². The molecule has 0 unspecified atom stereocenters. The van der Waals surface area contributed by atoms with E-state index in [1.54, 1.807) is 17.4 Å². The Kier molecular flexibility index (Phi) is 3.63. The van der Waals surface area contributed by atoms with Crippen molar-refractivity contribution in [2.45, 2.75) is 6.92 Å². The molecule has 144 valence electrons. The number of pyridine rings is 1. The molecule has 0 saturated heterocycles. The Morgan fingerprint density at radius 2 is 1.73 bits per heavy atom. The summed E-state index contributed by atoms with van der Waals surface area (Å²) in [6, 6.07) is 21.4. The fourth-order valence-electron chi connectivity index (χ4n) is 4.03. The van der Waals surface area contributed by atoms with Gasteiger partial charge in [0.25, 0.3) is 0 Å². The lowest BCUT2D eigenvalue weighted by Crippen LogP contribution is -2.05.